The van der Waals surface area contributed by atoms with Gasteiger partial charge in [0, 0.05) is 35.5 Å². The van der Waals surface area contributed by atoms with E-state index in [2.05, 4.69) is 5.32 Å². The van der Waals surface area contributed by atoms with Crippen LogP contribution in [-0.2, 0) is 14.3 Å². The van der Waals surface area contributed by atoms with E-state index in [0.29, 0.717) is 23.6 Å². The minimum Gasteiger partial charge on any atom is -0.497 e. The molecular formula is C23H24N2O6. The molecule has 2 atom stereocenters. The van der Waals surface area contributed by atoms with Gasteiger partial charge in [0.25, 0.3) is 5.69 Å². The first-order chi connectivity index (χ1) is 14.8. The molecule has 0 aromatic heterocycles. The van der Waals surface area contributed by atoms with E-state index >= 15 is 0 Å². The van der Waals surface area contributed by atoms with Crippen molar-refractivity contribution >= 4 is 23.1 Å². The normalized spacial score (nSPS) is 18.2. The summed E-state index contributed by atoms with van der Waals surface area (Å²) in [6.07, 6.45) is 1.74. The largest absolute Gasteiger partial charge is 0.497 e. The highest BCUT2D eigenvalue weighted by Gasteiger charge is 2.39. The molecule has 2 aromatic rings. The average molecular weight is 424 g/mol. The molecule has 1 aliphatic rings. The SMILES string of the molecule is CCOC(=O)C1C(=O)C=C(Nc2cc([N+](=O)[O-])ccc2C)CC1c1cccc(OC)c1. The fraction of sp³-hybridized carbons (Fsp3) is 0.304. The van der Waals surface area contributed by atoms with Crippen LogP contribution in [0.5, 0.6) is 5.75 Å². The van der Waals surface area contributed by atoms with Crippen LogP contribution in [0.25, 0.3) is 0 Å². The minimum atomic E-state index is -0.969. The molecule has 3 rings (SSSR count). The Morgan fingerprint density at radius 1 is 1.26 bits per heavy atom. The number of carbonyl (C=O) groups is 2. The van der Waals surface area contributed by atoms with E-state index in [4.69, 9.17) is 9.47 Å². The number of allylic oxidation sites excluding steroid dienone is 2. The lowest BCUT2D eigenvalue weighted by molar-refractivity contribution is -0.384. The molecule has 2 aromatic carbocycles. The van der Waals surface area contributed by atoms with Crippen molar-refractivity contribution in [1.29, 1.82) is 0 Å². The molecule has 0 saturated carbocycles. The molecule has 0 bridgehead atoms. The Bertz CT molecular complexity index is 1050. The second kappa shape index (κ2) is 9.42. The Labute approximate surface area is 180 Å². The smallest absolute Gasteiger partial charge is 0.317 e. The number of hydrogen-bond acceptors (Lipinski definition) is 7. The second-order valence-corrected chi connectivity index (χ2v) is 7.27. The molecule has 1 aliphatic carbocycles. The number of nitrogens with zero attached hydrogens (tertiary/aromatic N) is 1. The molecule has 0 heterocycles. The number of rotatable bonds is 7. The van der Waals surface area contributed by atoms with Gasteiger partial charge in [-0.3, -0.25) is 19.7 Å². The first kappa shape index (κ1) is 22.0. The van der Waals surface area contributed by atoms with Gasteiger partial charge in [-0.15, -0.1) is 0 Å². The quantitative estimate of drug-likeness (QED) is 0.308. The first-order valence-corrected chi connectivity index (χ1v) is 9.91. The molecular weight excluding hydrogens is 400 g/mol. The predicted octanol–water partition coefficient (Wildman–Crippen LogP) is 4.14. The third-order valence-corrected chi connectivity index (χ3v) is 5.25. The molecule has 162 valence electrons. The highest BCUT2D eigenvalue weighted by atomic mass is 16.6. The van der Waals surface area contributed by atoms with Gasteiger partial charge in [0.2, 0.25) is 0 Å². The maximum atomic E-state index is 13.0. The molecule has 31 heavy (non-hydrogen) atoms. The van der Waals surface area contributed by atoms with E-state index in [1.807, 2.05) is 13.0 Å². The zero-order chi connectivity index (χ0) is 22.5. The molecule has 0 fully saturated rings. The number of anilines is 1. The number of methoxy groups -OCH3 is 1. The van der Waals surface area contributed by atoms with Gasteiger partial charge in [-0.2, -0.15) is 0 Å². The first-order valence-electron chi connectivity index (χ1n) is 9.91. The number of nitro benzene ring substituents is 1. The third-order valence-electron chi connectivity index (χ3n) is 5.25. The molecule has 8 heteroatoms. The number of ketones is 1. The summed E-state index contributed by atoms with van der Waals surface area (Å²) in [7, 11) is 1.55. The van der Waals surface area contributed by atoms with Crippen LogP contribution in [-0.4, -0.2) is 30.4 Å². The number of nitro groups is 1. The summed E-state index contributed by atoms with van der Waals surface area (Å²) in [5.41, 5.74) is 2.62. The number of esters is 1. The van der Waals surface area contributed by atoms with Gasteiger partial charge in [-0.25, -0.2) is 0 Å². The van der Waals surface area contributed by atoms with Crippen LogP contribution < -0.4 is 10.1 Å². The summed E-state index contributed by atoms with van der Waals surface area (Å²) in [4.78, 5) is 36.2. The lowest BCUT2D eigenvalue weighted by atomic mass is 9.76. The Morgan fingerprint density at radius 3 is 2.71 bits per heavy atom. The standard InChI is InChI=1S/C23H24N2O6/c1-4-31-23(27)22-19(15-6-5-7-18(10-15)30-3)11-16(12-21(22)26)24-20-13-17(25(28)29)9-8-14(20)2/h5-10,12-13,19,22,24H,4,11H2,1-3H3. The Balaban J connectivity index is 1.98. The van der Waals surface area contributed by atoms with Crippen molar-refractivity contribution in [3.63, 3.8) is 0 Å². The maximum Gasteiger partial charge on any atom is 0.317 e. The van der Waals surface area contributed by atoms with Crippen LogP contribution >= 0.6 is 0 Å². The average Bonchev–Trinajstić information content (AvgIpc) is 2.74. The number of benzene rings is 2. The summed E-state index contributed by atoms with van der Waals surface area (Å²) in [6.45, 7) is 3.69. The molecule has 0 spiro atoms. The van der Waals surface area contributed by atoms with Crippen molar-refractivity contribution in [1.82, 2.24) is 0 Å². The van der Waals surface area contributed by atoms with Crippen molar-refractivity contribution in [3.8, 4) is 5.75 Å². The van der Waals surface area contributed by atoms with Gasteiger partial charge < -0.3 is 14.8 Å². The number of ether oxygens (including phenoxy) is 2. The lowest BCUT2D eigenvalue weighted by Gasteiger charge is -2.30. The van der Waals surface area contributed by atoms with Gasteiger partial charge >= 0.3 is 5.97 Å². The van der Waals surface area contributed by atoms with Crippen LogP contribution in [0.2, 0.25) is 0 Å². The van der Waals surface area contributed by atoms with Crippen molar-refractivity contribution < 1.29 is 24.0 Å². The second-order valence-electron chi connectivity index (χ2n) is 7.27. The van der Waals surface area contributed by atoms with Gasteiger partial charge in [0.05, 0.1) is 18.6 Å². The van der Waals surface area contributed by atoms with Crippen molar-refractivity contribution in [2.45, 2.75) is 26.2 Å². The summed E-state index contributed by atoms with van der Waals surface area (Å²) < 4.78 is 10.5. The summed E-state index contributed by atoms with van der Waals surface area (Å²) in [5, 5.41) is 14.3. The van der Waals surface area contributed by atoms with Gasteiger partial charge in [-0.05, 0) is 43.5 Å². The molecule has 2 unspecified atom stereocenters. The molecule has 0 aliphatic heterocycles. The molecule has 8 nitrogen and oxygen atoms in total. The summed E-state index contributed by atoms with van der Waals surface area (Å²) in [5.74, 6) is -1.76. The van der Waals surface area contributed by atoms with E-state index in [9.17, 15) is 19.7 Å². The van der Waals surface area contributed by atoms with Crippen molar-refractivity contribution in [2.24, 2.45) is 5.92 Å². The highest BCUT2D eigenvalue weighted by molar-refractivity contribution is 6.07. The van der Waals surface area contributed by atoms with E-state index in [-0.39, 0.29) is 18.1 Å². The van der Waals surface area contributed by atoms with Gasteiger partial charge in [-0.1, -0.05) is 18.2 Å². The molecule has 1 N–H and O–H groups in total. The molecule has 0 radical (unpaired) electrons. The highest BCUT2D eigenvalue weighted by Crippen LogP contribution is 2.38. The topological polar surface area (TPSA) is 108 Å². The number of non-ortho nitro benzene ring substituents is 1. The fourth-order valence-corrected chi connectivity index (χ4v) is 3.69. The fourth-order valence-electron chi connectivity index (χ4n) is 3.69. The van der Waals surface area contributed by atoms with Crippen molar-refractivity contribution in [2.75, 3.05) is 19.0 Å². The number of aryl methyl sites for hydroxylation is 1. The van der Waals surface area contributed by atoms with Crippen molar-refractivity contribution in [3.05, 3.63) is 75.5 Å². The number of nitrogens with one attached hydrogen (secondary N) is 1. The summed E-state index contributed by atoms with van der Waals surface area (Å²) >= 11 is 0. The van der Waals surface area contributed by atoms with Crippen LogP contribution in [0, 0.1) is 23.0 Å². The number of carbonyl (C=O) groups excluding carboxylic acids is 2. The van der Waals surface area contributed by atoms with Crippen LogP contribution in [0.3, 0.4) is 0 Å². The Kier molecular flexibility index (Phi) is 6.69. The molecule has 0 saturated heterocycles. The molecule has 0 amide bonds. The van der Waals surface area contributed by atoms with E-state index < -0.39 is 22.7 Å². The van der Waals surface area contributed by atoms with Gasteiger partial charge in [0.15, 0.2) is 5.78 Å². The zero-order valence-electron chi connectivity index (χ0n) is 17.6. The van der Waals surface area contributed by atoms with E-state index in [0.717, 1.165) is 11.1 Å². The maximum absolute atomic E-state index is 13.0. The number of hydrogen-bond donors (Lipinski definition) is 1. The van der Waals surface area contributed by atoms with E-state index in [1.165, 1.54) is 18.2 Å². The monoisotopic (exact) mass is 424 g/mol. The summed E-state index contributed by atoms with van der Waals surface area (Å²) in [6, 6.07) is 11.7. The van der Waals surface area contributed by atoms with E-state index in [1.54, 1.807) is 38.3 Å². The van der Waals surface area contributed by atoms with Crippen LogP contribution in [0.15, 0.2) is 54.2 Å². The van der Waals surface area contributed by atoms with Crippen LogP contribution in [0.4, 0.5) is 11.4 Å². The van der Waals surface area contributed by atoms with Gasteiger partial charge in [0.1, 0.15) is 11.7 Å². The Hall–Kier alpha value is -3.68. The minimum absolute atomic E-state index is 0.0513. The third kappa shape index (κ3) is 4.91. The zero-order valence-corrected chi connectivity index (χ0v) is 17.6. The Morgan fingerprint density at radius 2 is 2.03 bits per heavy atom. The van der Waals surface area contributed by atoms with Crippen LogP contribution in [0.1, 0.15) is 30.4 Å². The lowest BCUT2D eigenvalue weighted by Crippen LogP contribution is -2.35. The predicted molar refractivity (Wildman–Crippen MR) is 115 cm³/mol.